The van der Waals surface area contributed by atoms with Crippen molar-refractivity contribution in [2.45, 2.75) is 39.5 Å². The van der Waals surface area contributed by atoms with Gasteiger partial charge in [-0.1, -0.05) is 41.4 Å². The fourth-order valence-corrected chi connectivity index (χ4v) is 4.19. The Labute approximate surface area is 175 Å². The van der Waals surface area contributed by atoms with Gasteiger partial charge in [0.25, 0.3) is 5.91 Å². The molecule has 0 aromatic heterocycles. The summed E-state index contributed by atoms with van der Waals surface area (Å²) in [4.78, 5) is 15.3. The second-order valence-corrected chi connectivity index (χ2v) is 8.07. The normalized spacial score (nSPS) is 16.8. The van der Waals surface area contributed by atoms with E-state index in [-0.39, 0.29) is 5.91 Å². The van der Waals surface area contributed by atoms with Crippen molar-refractivity contribution in [3.05, 3.63) is 80.6 Å². The quantitative estimate of drug-likeness (QED) is 0.602. The summed E-state index contributed by atoms with van der Waals surface area (Å²) in [6.45, 7) is 3.91. The molecule has 1 amide bonds. The number of anilines is 2. The standard InChI is InChI=1S/C23H22Cl2N2O/c1-14-17(24)9-6-11-19(14)26-22-16-8-4-3-5-12-21(16)27(23(22)28)20-13-7-10-18(25)15(20)2/h6-7,9-13,26H,3-5,8H2,1-2H3. The molecule has 3 nitrogen and oxygen atoms in total. The van der Waals surface area contributed by atoms with Gasteiger partial charge in [-0.2, -0.15) is 0 Å². The molecule has 1 aliphatic heterocycles. The van der Waals surface area contributed by atoms with Crippen LogP contribution in [0, 0.1) is 13.8 Å². The van der Waals surface area contributed by atoms with Gasteiger partial charge in [0.1, 0.15) is 5.70 Å². The topological polar surface area (TPSA) is 32.3 Å². The van der Waals surface area contributed by atoms with Crippen molar-refractivity contribution < 1.29 is 4.79 Å². The van der Waals surface area contributed by atoms with E-state index >= 15 is 0 Å². The first-order valence-electron chi connectivity index (χ1n) is 9.54. The van der Waals surface area contributed by atoms with Gasteiger partial charge in [-0.3, -0.25) is 9.69 Å². The van der Waals surface area contributed by atoms with Crippen LogP contribution < -0.4 is 10.2 Å². The summed E-state index contributed by atoms with van der Waals surface area (Å²) in [5.41, 5.74) is 6.22. The number of rotatable bonds is 3. The van der Waals surface area contributed by atoms with Crippen molar-refractivity contribution in [2.24, 2.45) is 0 Å². The molecule has 0 spiro atoms. The average Bonchev–Trinajstić information content (AvgIpc) is 2.82. The molecule has 0 fully saturated rings. The lowest BCUT2D eigenvalue weighted by Gasteiger charge is -2.22. The molecule has 2 aromatic carbocycles. The summed E-state index contributed by atoms with van der Waals surface area (Å²) < 4.78 is 0. The Morgan fingerprint density at radius 3 is 2.46 bits per heavy atom. The monoisotopic (exact) mass is 412 g/mol. The molecular formula is C23H22Cl2N2O. The van der Waals surface area contributed by atoms with Crippen LogP contribution in [0.5, 0.6) is 0 Å². The minimum Gasteiger partial charge on any atom is -0.350 e. The fraction of sp³-hybridized carbons (Fsp3) is 0.261. The van der Waals surface area contributed by atoms with Crippen LogP contribution in [0.4, 0.5) is 11.4 Å². The second kappa shape index (κ2) is 7.65. The van der Waals surface area contributed by atoms with Crippen molar-refractivity contribution in [3.8, 4) is 0 Å². The molecule has 0 atom stereocenters. The van der Waals surface area contributed by atoms with Gasteiger partial charge in [-0.05, 0) is 74.9 Å². The third-order valence-electron chi connectivity index (χ3n) is 5.49. The van der Waals surface area contributed by atoms with E-state index in [0.29, 0.717) is 15.7 Å². The second-order valence-electron chi connectivity index (χ2n) is 7.25. The van der Waals surface area contributed by atoms with Gasteiger partial charge in [-0.15, -0.1) is 0 Å². The maximum Gasteiger partial charge on any atom is 0.279 e. The average molecular weight is 413 g/mol. The highest BCUT2D eigenvalue weighted by Crippen LogP contribution is 2.41. The van der Waals surface area contributed by atoms with Crippen LogP contribution in [0.2, 0.25) is 10.0 Å². The van der Waals surface area contributed by atoms with E-state index in [2.05, 4.69) is 11.4 Å². The number of benzene rings is 2. The van der Waals surface area contributed by atoms with Crippen LogP contribution in [0.25, 0.3) is 0 Å². The summed E-state index contributed by atoms with van der Waals surface area (Å²) in [7, 11) is 0. The molecule has 0 radical (unpaired) electrons. The molecule has 1 N–H and O–H groups in total. The van der Waals surface area contributed by atoms with E-state index in [1.54, 1.807) is 0 Å². The fourth-order valence-electron chi connectivity index (χ4n) is 3.85. The highest BCUT2D eigenvalue weighted by atomic mass is 35.5. The number of carbonyl (C=O) groups excluding carboxylic acids is 1. The smallest absolute Gasteiger partial charge is 0.279 e. The van der Waals surface area contributed by atoms with Crippen LogP contribution in [-0.2, 0) is 4.79 Å². The number of hydrogen-bond acceptors (Lipinski definition) is 2. The van der Waals surface area contributed by atoms with Crippen LogP contribution in [0.1, 0.15) is 36.8 Å². The lowest BCUT2D eigenvalue weighted by molar-refractivity contribution is -0.114. The highest BCUT2D eigenvalue weighted by Gasteiger charge is 2.37. The predicted molar refractivity (Wildman–Crippen MR) is 117 cm³/mol. The number of nitrogens with one attached hydrogen (secondary N) is 1. The Balaban J connectivity index is 1.81. The Kier molecular flexibility index (Phi) is 5.22. The first-order chi connectivity index (χ1) is 13.5. The van der Waals surface area contributed by atoms with Crippen LogP contribution in [0.3, 0.4) is 0 Å². The summed E-state index contributed by atoms with van der Waals surface area (Å²) in [5.74, 6) is -0.0482. The van der Waals surface area contributed by atoms with Gasteiger partial charge in [0, 0.05) is 21.3 Å². The first kappa shape index (κ1) is 19.1. The van der Waals surface area contributed by atoms with E-state index in [0.717, 1.165) is 59.5 Å². The molecule has 144 valence electrons. The molecule has 0 saturated heterocycles. The first-order valence-corrected chi connectivity index (χ1v) is 10.3. The molecule has 5 heteroatoms. The predicted octanol–water partition coefficient (Wildman–Crippen LogP) is 6.78. The van der Waals surface area contributed by atoms with Gasteiger partial charge in [0.05, 0.1) is 11.4 Å². The lowest BCUT2D eigenvalue weighted by Crippen LogP contribution is -2.28. The van der Waals surface area contributed by atoms with Crippen molar-refractivity contribution in [1.82, 2.24) is 0 Å². The van der Waals surface area contributed by atoms with E-state index in [1.807, 2.05) is 55.1 Å². The number of fused-ring (bicyclic) bond motifs is 1. The van der Waals surface area contributed by atoms with E-state index in [4.69, 9.17) is 23.2 Å². The number of nitrogens with zero attached hydrogens (tertiary/aromatic N) is 1. The molecule has 2 aliphatic rings. The van der Waals surface area contributed by atoms with E-state index in [9.17, 15) is 4.79 Å². The van der Waals surface area contributed by atoms with Gasteiger partial charge in [0.15, 0.2) is 0 Å². The van der Waals surface area contributed by atoms with E-state index in [1.165, 1.54) is 0 Å². The third-order valence-corrected chi connectivity index (χ3v) is 6.31. The largest absolute Gasteiger partial charge is 0.350 e. The molecule has 0 saturated carbocycles. The number of hydrogen-bond donors (Lipinski definition) is 1. The van der Waals surface area contributed by atoms with Crippen molar-refractivity contribution in [2.75, 3.05) is 10.2 Å². The summed E-state index contributed by atoms with van der Waals surface area (Å²) >= 11 is 12.6. The van der Waals surface area contributed by atoms with Crippen LogP contribution in [-0.4, -0.2) is 5.91 Å². The Hall–Kier alpha value is -2.23. The molecular weight excluding hydrogens is 391 g/mol. The highest BCUT2D eigenvalue weighted by molar-refractivity contribution is 6.32. The molecule has 2 aromatic rings. The SMILES string of the molecule is Cc1c(Cl)cccc1NC1=C2CCCCC=C2N(c2cccc(Cl)c2C)C1=O. The molecule has 1 aliphatic carbocycles. The van der Waals surface area contributed by atoms with Crippen molar-refractivity contribution in [1.29, 1.82) is 0 Å². The molecule has 28 heavy (non-hydrogen) atoms. The lowest BCUT2D eigenvalue weighted by atomic mass is 10.1. The number of allylic oxidation sites excluding steroid dienone is 2. The summed E-state index contributed by atoms with van der Waals surface area (Å²) in [6, 6.07) is 11.4. The van der Waals surface area contributed by atoms with Gasteiger partial charge >= 0.3 is 0 Å². The maximum absolute atomic E-state index is 13.5. The maximum atomic E-state index is 13.5. The zero-order chi connectivity index (χ0) is 19.8. The van der Waals surface area contributed by atoms with Gasteiger partial charge in [0.2, 0.25) is 0 Å². The number of halogens is 2. The van der Waals surface area contributed by atoms with Gasteiger partial charge < -0.3 is 5.32 Å². The summed E-state index contributed by atoms with van der Waals surface area (Å²) in [5, 5.41) is 4.73. The molecule has 4 rings (SSSR count). The Morgan fingerprint density at radius 1 is 0.964 bits per heavy atom. The molecule has 0 bridgehead atoms. The van der Waals surface area contributed by atoms with Crippen molar-refractivity contribution >= 4 is 40.5 Å². The van der Waals surface area contributed by atoms with Gasteiger partial charge in [-0.25, -0.2) is 0 Å². The zero-order valence-corrected chi connectivity index (χ0v) is 17.5. The van der Waals surface area contributed by atoms with Crippen LogP contribution in [0.15, 0.2) is 59.4 Å². The van der Waals surface area contributed by atoms with E-state index < -0.39 is 0 Å². The van der Waals surface area contributed by atoms with Crippen LogP contribution >= 0.6 is 23.2 Å². The number of carbonyl (C=O) groups is 1. The van der Waals surface area contributed by atoms with Crippen molar-refractivity contribution in [3.63, 3.8) is 0 Å². The Morgan fingerprint density at radius 2 is 1.68 bits per heavy atom. The molecule has 1 heterocycles. The Bertz CT molecular complexity index is 1020. The minimum absolute atomic E-state index is 0.0482. The zero-order valence-electron chi connectivity index (χ0n) is 16.0. The summed E-state index contributed by atoms with van der Waals surface area (Å²) in [6.07, 6.45) is 6.19. The third kappa shape index (κ3) is 3.23. The number of amides is 1. The minimum atomic E-state index is -0.0482. The molecule has 0 unspecified atom stereocenters.